The molecule has 1 aliphatic rings. The third-order valence-electron chi connectivity index (χ3n) is 5.86. The van der Waals surface area contributed by atoms with E-state index in [-0.39, 0.29) is 5.82 Å². The molecule has 7 heteroatoms. The maximum atomic E-state index is 14.2. The Balaban J connectivity index is 1.67. The number of rotatable bonds is 4. The largest absolute Gasteiger partial charge is 0.351 e. The Kier molecular flexibility index (Phi) is 5.71. The van der Waals surface area contributed by atoms with Crippen LogP contribution in [0.2, 0.25) is 0 Å². The van der Waals surface area contributed by atoms with Crippen LogP contribution in [0.25, 0.3) is 17.0 Å². The first kappa shape index (κ1) is 22.0. The maximum Gasteiger partial charge on any atom is 0.258 e. The van der Waals surface area contributed by atoms with Gasteiger partial charge in [0.15, 0.2) is 5.11 Å². The Morgan fingerprint density at radius 3 is 2.41 bits per heavy atom. The summed E-state index contributed by atoms with van der Waals surface area (Å²) in [5.74, 6) is 0.525. The van der Waals surface area contributed by atoms with Crippen molar-refractivity contribution in [3.8, 4) is 11.4 Å². The Hall–Kier alpha value is -3.84. The van der Waals surface area contributed by atoms with Crippen molar-refractivity contribution >= 4 is 28.6 Å². The standard InChI is InChI=1S/C27H23FN4OS/c1-16-7-4-10-20(13-16)25-30-26(33-31-25)23-18(3)32(22-12-5-8-17(2)14-22)27(34)29-24(23)19-9-6-11-21(28)15-19/h4-15,24H,1-3H3,(H,29,34). The molecule has 170 valence electrons. The molecule has 5 nitrogen and oxygen atoms in total. The van der Waals surface area contributed by atoms with Crippen molar-refractivity contribution in [1.29, 1.82) is 0 Å². The predicted molar refractivity (Wildman–Crippen MR) is 136 cm³/mol. The fourth-order valence-corrected chi connectivity index (χ4v) is 4.63. The summed E-state index contributed by atoms with van der Waals surface area (Å²) in [7, 11) is 0. The molecular formula is C27H23FN4OS. The highest BCUT2D eigenvalue weighted by Crippen LogP contribution is 2.39. The van der Waals surface area contributed by atoms with Crippen molar-refractivity contribution in [2.24, 2.45) is 0 Å². The Bertz CT molecular complexity index is 1430. The predicted octanol–water partition coefficient (Wildman–Crippen LogP) is 6.36. The van der Waals surface area contributed by atoms with E-state index in [1.54, 1.807) is 6.07 Å². The molecule has 0 saturated carbocycles. The summed E-state index contributed by atoms with van der Waals surface area (Å²) in [5, 5.41) is 8.12. The highest BCUT2D eigenvalue weighted by Gasteiger charge is 2.35. The lowest BCUT2D eigenvalue weighted by Crippen LogP contribution is -2.46. The maximum absolute atomic E-state index is 14.2. The van der Waals surface area contributed by atoms with E-state index in [1.807, 2.05) is 74.2 Å². The molecule has 4 aromatic rings. The topological polar surface area (TPSA) is 54.2 Å². The second-order valence-corrected chi connectivity index (χ2v) is 8.79. The molecule has 0 saturated heterocycles. The monoisotopic (exact) mass is 470 g/mol. The van der Waals surface area contributed by atoms with Crippen LogP contribution in [0.5, 0.6) is 0 Å². The van der Waals surface area contributed by atoms with E-state index in [0.717, 1.165) is 39.2 Å². The highest BCUT2D eigenvalue weighted by molar-refractivity contribution is 7.80. The van der Waals surface area contributed by atoms with Crippen LogP contribution in [0.4, 0.5) is 10.1 Å². The van der Waals surface area contributed by atoms with Gasteiger partial charge in [-0.3, -0.25) is 4.90 Å². The first-order chi connectivity index (χ1) is 16.4. The number of benzene rings is 3. The minimum Gasteiger partial charge on any atom is -0.351 e. The SMILES string of the molecule is CC1=C(c2nc(-c3cccc(C)c3)no2)C(c2cccc(F)c2)NC(=S)N1c1cccc(C)c1. The molecule has 0 spiro atoms. The molecular weight excluding hydrogens is 447 g/mol. The van der Waals surface area contributed by atoms with Gasteiger partial charge in [-0.25, -0.2) is 4.39 Å². The number of halogens is 1. The number of thiocarbonyl (C=S) groups is 1. The number of nitrogens with zero attached hydrogens (tertiary/aromatic N) is 3. The summed E-state index contributed by atoms with van der Waals surface area (Å²) in [6, 6.07) is 22.0. The van der Waals surface area contributed by atoms with Crippen LogP contribution in [0.1, 0.15) is 35.5 Å². The van der Waals surface area contributed by atoms with Crippen LogP contribution < -0.4 is 10.2 Å². The molecule has 1 N–H and O–H groups in total. The average Bonchev–Trinajstić information content (AvgIpc) is 3.28. The van der Waals surface area contributed by atoms with Gasteiger partial charge in [0.05, 0.1) is 11.6 Å². The van der Waals surface area contributed by atoms with Crippen LogP contribution in [-0.4, -0.2) is 15.3 Å². The third kappa shape index (κ3) is 4.10. The lowest BCUT2D eigenvalue weighted by Gasteiger charge is -2.37. The zero-order valence-electron chi connectivity index (χ0n) is 19.0. The Morgan fingerprint density at radius 2 is 1.68 bits per heavy atom. The van der Waals surface area contributed by atoms with E-state index in [2.05, 4.69) is 16.5 Å². The van der Waals surface area contributed by atoms with Crippen molar-refractivity contribution in [2.75, 3.05) is 4.90 Å². The van der Waals surface area contributed by atoms with Gasteiger partial charge in [0.25, 0.3) is 5.89 Å². The van der Waals surface area contributed by atoms with Gasteiger partial charge in [-0.1, -0.05) is 53.2 Å². The smallest absolute Gasteiger partial charge is 0.258 e. The fraction of sp³-hybridized carbons (Fsp3) is 0.148. The molecule has 0 radical (unpaired) electrons. The normalized spacial score (nSPS) is 16.1. The molecule has 0 bridgehead atoms. The van der Waals surface area contributed by atoms with Gasteiger partial charge in [0.2, 0.25) is 5.82 Å². The van der Waals surface area contributed by atoms with Gasteiger partial charge in [-0.2, -0.15) is 4.98 Å². The summed E-state index contributed by atoms with van der Waals surface area (Å²) in [4.78, 5) is 6.67. The van der Waals surface area contributed by atoms with Crippen molar-refractivity contribution in [2.45, 2.75) is 26.8 Å². The van der Waals surface area contributed by atoms with Gasteiger partial charge in [0.1, 0.15) is 5.82 Å². The number of nitrogens with one attached hydrogen (secondary N) is 1. The molecule has 0 amide bonds. The summed E-state index contributed by atoms with van der Waals surface area (Å²) >= 11 is 5.76. The molecule has 1 unspecified atom stereocenters. The lowest BCUT2D eigenvalue weighted by molar-refractivity contribution is 0.404. The summed E-state index contributed by atoms with van der Waals surface area (Å²) < 4.78 is 19.9. The Labute approximate surface area is 202 Å². The van der Waals surface area contributed by atoms with Gasteiger partial charge >= 0.3 is 0 Å². The molecule has 2 heterocycles. The van der Waals surface area contributed by atoms with Crippen LogP contribution >= 0.6 is 12.2 Å². The van der Waals surface area contributed by atoms with Crippen LogP contribution in [0.15, 0.2) is 83.0 Å². The lowest BCUT2D eigenvalue weighted by atomic mass is 9.94. The molecule has 3 aromatic carbocycles. The molecule has 5 rings (SSSR count). The van der Waals surface area contributed by atoms with Crippen LogP contribution in [0, 0.1) is 19.7 Å². The van der Waals surface area contributed by atoms with Crippen molar-refractivity contribution in [1.82, 2.24) is 15.5 Å². The summed E-state index contributed by atoms with van der Waals surface area (Å²) in [6.45, 7) is 6.02. The fourth-order valence-electron chi connectivity index (χ4n) is 4.27. The molecule has 1 aromatic heterocycles. The molecule has 0 aliphatic carbocycles. The molecule has 34 heavy (non-hydrogen) atoms. The minimum atomic E-state index is -0.449. The van der Waals surface area contributed by atoms with E-state index in [0.29, 0.717) is 16.8 Å². The van der Waals surface area contributed by atoms with Crippen molar-refractivity contribution < 1.29 is 8.91 Å². The average molecular weight is 471 g/mol. The number of aromatic nitrogens is 2. The van der Waals surface area contributed by atoms with Crippen LogP contribution in [-0.2, 0) is 0 Å². The number of hydrogen-bond donors (Lipinski definition) is 1. The van der Waals surface area contributed by atoms with E-state index >= 15 is 0 Å². The number of hydrogen-bond acceptors (Lipinski definition) is 4. The second kappa shape index (κ2) is 8.83. The van der Waals surface area contributed by atoms with E-state index in [4.69, 9.17) is 21.7 Å². The van der Waals surface area contributed by atoms with E-state index < -0.39 is 6.04 Å². The molecule has 1 atom stereocenters. The van der Waals surface area contributed by atoms with Gasteiger partial charge < -0.3 is 9.84 Å². The minimum absolute atomic E-state index is 0.325. The zero-order valence-corrected chi connectivity index (χ0v) is 19.9. The number of aryl methyl sites for hydroxylation is 2. The van der Waals surface area contributed by atoms with Gasteiger partial charge in [0, 0.05) is 16.9 Å². The van der Waals surface area contributed by atoms with Crippen LogP contribution in [0.3, 0.4) is 0 Å². The quantitative estimate of drug-likeness (QED) is 0.350. The van der Waals surface area contributed by atoms with Gasteiger partial charge in [-0.15, -0.1) is 0 Å². The first-order valence-electron chi connectivity index (χ1n) is 11.0. The highest BCUT2D eigenvalue weighted by atomic mass is 32.1. The van der Waals surface area contributed by atoms with E-state index in [9.17, 15) is 4.39 Å². The first-order valence-corrected chi connectivity index (χ1v) is 11.4. The van der Waals surface area contributed by atoms with Gasteiger partial charge in [-0.05, 0) is 74.4 Å². The molecule has 1 aliphatic heterocycles. The van der Waals surface area contributed by atoms with Crippen molar-refractivity contribution in [3.05, 3.63) is 107 Å². The van der Waals surface area contributed by atoms with E-state index in [1.165, 1.54) is 12.1 Å². The third-order valence-corrected chi connectivity index (χ3v) is 6.16. The van der Waals surface area contributed by atoms with Crippen molar-refractivity contribution in [3.63, 3.8) is 0 Å². The molecule has 0 fully saturated rings. The number of anilines is 1. The summed E-state index contributed by atoms with van der Waals surface area (Å²) in [5.41, 5.74) is 6.30. The Morgan fingerprint density at radius 1 is 0.941 bits per heavy atom. The number of allylic oxidation sites excluding steroid dienone is 1. The second-order valence-electron chi connectivity index (χ2n) is 8.40. The zero-order chi connectivity index (χ0) is 23.8. The summed E-state index contributed by atoms with van der Waals surface area (Å²) in [6.07, 6.45) is 0.